The molecule has 200 valence electrons. The van der Waals surface area contributed by atoms with Gasteiger partial charge >= 0.3 is 11.9 Å². The minimum Gasteiger partial charge on any atom is -0.493 e. The summed E-state index contributed by atoms with van der Waals surface area (Å²) in [5.74, 6) is -1.79. The molecule has 0 aromatic heterocycles. The van der Waals surface area contributed by atoms with E-state index in [0.717, 1.165) is 25.7 Å². The Morgan fingerprint density at radius 1 is 0.789 bits per heavy atom. The first-order valence-corrected chi connectivity index (χ1v) is 12.5. The van der Waals surface area contributed by atoms with E-state index in [0.29, 0.717) is 23.6 Å². The molecule has 3 rings (SSSR count). The standard InChI is InChI=1S/C30H32FNO6/c1-36-29(34)25-16-14-23(19-26(25)30(35)37-2)32-28(33)17-13-22-12-15-24(20-27(22)31)38-18-8-4-7-11-21-9-5-3-6-10-21/h3,5-6,9-10,12,14-16,19-20H,4,7-8,11,13,17-18H2,1-2H3,(H,32,33). The summed E-state index contributed by atoms with van der Waals surface area (Å²) in [4.78, 5) is 36.4. The lowest BCUT2D eigenvalue weighted by molar-refractivity contribution is -0.116. The van der Waals surface area contributed by atoms with E-state index >= 15 is 0 Å². The molecule has 0 aliphatic rings. The molecule has 0 heterocycles. The topological polar surface area (TPSA) is 90.9 Å². The SMILES string of the molecule is COC(=O)c1ccc(NC(=O)CCc2ccc(OCCCCCc3ccccc3)cc2F)cc1C(=O)OC. The number of benzene rings is 3. The minimum atomic E-state index is -0.738. The van der Waals surface area contributed by atoms with Crippen LogP contribution in [0.5, 0.6) is 5.75 Å². The first-order valence-electron chi connectivity index (χ1n) is 12.5. The maximum Gasteiger partial charge on any atom is 0.338 e. The molecule has 0 spiro atoms. The highest BCUT2D eigenvalue weighted by atomic mass is 19.1. The van der Waals surface area contributed by atoms with Crippen molar-refractivity contribution in [2.45, 2.75) is 38.5 Å². The second-order valence-electron chi connectivity index (χ2n) is 8.69. The van der Waals surface area contributed by atoms with E-state index in [1.807, 2.05) is 18.2 Å². The molecule has 0 aliphatic heterocycles. The molecule has 0 saturated carbocycles. The average Bonchev–Trinajstić information content (AvgIpc) is 2.94. The molecule has 0 aliphatic carbocycles. The largest absolute Gasteiger partial charge is 0.493 e. The van der Waals surface area contributed by atoms with Crippen LogP contribution in [0.15, 0.2) is 66.7 Å². The van der Waals surface area contributed by atoms with Gasteiger partial charge in [-0.3, -0.25) is 4.79 Å². The summed E-state index contributed by atoms with van der Waals surface area (Å²) in [6.45, 7) is 0.512. The quantitative estimate of drug-likeness (QED) is 0.227. The highest BCUT2D eigenvalue weighted by Crippen LogP contribution is 2.21. The third-order valence-corrected chi connectivity index (χ3v) is 5.98. The van der Waals surface area contributed by atoms with E-state index in [1.54, 1.807) is 12.1 Å². The number of rotatable bonds is 13. The van der Waals surface area contributed by atoms with Gasteiger partial charge in [0.05, 0.1) is 32.0 Å². The number of carbonyl (C=O) groups excluding carboxylic acids is 3. The third kappa shape index (κ3) is 8.44. The van der Waals surface area contributed by atoms with Gasteiger partial charge in [0.15, 0.2) is 0 Å². The van der Waals surface area contributed by atoms with Crippen LogP contribution in [0.3, 0.4) is 0 Å². The van der Waals surface area contributed by atoms with Gasteiger partial charge < -0.3 is 19.5 Å². The third-order valence-electron chi connectivity index (χ3n) is 5.98. The molecule has 0 atom stereocenters. The summed E-state index contributed by atoms with van der Waals surface area (Å²) >= 11 is 0. The van der Waals surface area contributed by atoms with E-state index in [4.69, 9.17) is 9.47 Å². The van der Waals surface area contributed by atoms with Gasteiger partial charge in [-0.1, -0.05) is 36.4 Å². The predicted molar refractivity (Wildman–Crippen MR) is 142 cm³/mol. The van der Waals surface area contributed by atoms with Gasteiger partial charge in [-0.15, -0.1) is 0 Å². The van der Waals surface area contributed by atoms with Crippen molar-refractivity contribution >= 4 is 23.5 Å². The summed E-state index contributed by atoms with van der Waals surface area (Å²) in [5.41, 5.74) is 2.01. The highest BCUT2D eigenvalue weighted by molar-refractivity contribution is 6.04. The van der Waals surface area contributed by atoms with Crippen LogP contribution in [0.1, 0.15) is 57.5 Å². The predicted octanol–water partition coefficient (Wildman–Crippen LogP) is 5.76. The summed E-state index contributed by atoms with van der Waals surface area (Å²) in [7, 11) is 2.39. The maximum absolute atomic E-state index is 14.6. The van der Waals surface area contributed by atoms with Gasteiger partial charge in [-0.05, 0) is 67.5 Å². The first-order chi connectivity index (χ1) is 18.4. The van der Waals surface area contributed by atoms with Gasteiger partial charge in [0, 0.05) is 18.2 Å². The molecule has 0 radical (unpaired) electrons. The number of esters is 2. The monoisotopic (exact) mass is 521 g/mol. The van der Waals surface area contributed by atoms with Crippen molar-refractivity contribution in [1.29, 1.82) is 0 Å². The molecule has 3 aromatic rings. The van der Waals surface area contributed by atoms with Gasteiger partial charge in [0.25, 0.3) is 0 Å². The van der Waals surface area contributed by atoms with Crippen LogP contribution >= 0.6 is 0 Å². The van der Waals surface area contributed by atoms with E-state index in [-0.39, 0.29) is 29.9 Å². The number of aryl methyl sites for hydroxylation is 2. The second-order valence-corrected chi connectivity index (χ2v) is 8.69. The first kappa shape index (κ1) is 28.4. The molecule has 0 fully saturated rings. The zero-order valence-corrected chi connectivity index (χ0v) is 21.6. The Kier molecular flexibility index (Phi) is 10.8. The lowest BCUT2D eigenvalue weighted by Gasteiger charge is -2.11. The van der Waals surface area contributed by atoms with E-state index in [9.17, 15) is 18.8 Å². The number of hydrogen-bond donors (Lipinski definition) is 1. The van der Waals surface area contributed by atoms with Gasteiger partial charge in [0.1, 0.15) is 11.6 Å². The molecular formula is C30H32FNO6. The molecular weight excluding hydrogens is 489 g/mol. The van der Waals surface area contributed by atoms with E-state index < -0.39 is 17.8 Å². The van der Waals surface area contributed by atoms with Crippen molar-refractivity contribution in [2.24, 2.45) is 0 Å². The molecule has 1 N–H and O–H groups in total. The summed E-state index contributed by atoms with van der Waals surface area (Å²) in [5, 5.41) is 2.66. The fourth-order valence-electron chi connectivity index (χ4n) is 3.92. The van der Waals surface area contributed by atoms with Crippen LogP contribution in [0, 0.1) is 5.82 Å². The van der Waals surface area contributed by atoms with Crippen LogP contribution in [0.4, 0.5) is 10.1 Å². The van der Waals surface area contributed by atoms with Gasteiger partial charge in [0.2, 0.25) is 5.91 Å². The number of hydrogen-bond acceptors (Lipinski definition) is 6. The van der Waals surface area contributed by atoms with Crippen LogP contribution < -0.4 is 10.1 Å². The van der Waals surface area contributed by atoms with Gasteiger partial charge in [-0.2, -0.15) is 0 Å². The Balaban J connectivity index is 1.45. The fourth-order valence-corrected chi connectivity index (χ4v) is 3.92. The molecule has 3 aromatic carbocycles. The van der Waals surface area contributed by atoms with Crippen molar-refractivity contribution < 1.29 is 33.0 Å². The highest BCUT2D eigenvalue weighted by Gasteiger charge is 2.19. The number of amides is 1. The molecule has 0 bridgehead atoms. The van der Waals surface area contributed by atoms with Crippen LogP contribution in [0.25, 0.3) is 0 Å². The molecule has 7 nitrogen and oxygen atoms in total. The van der Waals surface area contributed by atoms with Crippen molar-refractivity contribution in [3.63, 3.8) is 0 Å². The number of unbranched alkanes of at least 4 members (excludes halogenated alkanes) is 2. The van der Waals surface area contributed by atoms with Gasteiger partial charge in [-0.25, -0.2) is 14.0 Å². The van der Waals surface area contributed by atoms with E-state index in [2.05, 4.69) is 22.2 Å². The summed E-state index contributed by atoms with van der Waals surface area (Å²) in [6.07, 6.45) is 4.21. The zero-order valence-electron chi connectivity index (χ0n) is 21.6. The molecule has 1 amide bonds. The van der Waals surface area contributed by atoms with Crippen molar-refractivity contribution in [3.05, 3.63) is 94.8 Å². The number of anilines is 1. The number of nitrogens with one attached hydrogen (secondary N) is 1. The lowest BCUT2D eigenvalue weighted by Crippen LogP contribution is -2.16. The number of ether oxygens (including phenoxy) is 3. The Morgan fingerprint density at radius 2 is 1.53 bits per heavy atom. The molecule has 8 heteroatoms. The normalized spacial score (nSPS) is 10.5. The van der Waals surface area contributed by atoms with Crippen LogP contribution in [0.2, 0.25) is 0 Å². The van der Waals surface area contributed by atoms with E-state index in [1.165, 1.54) is 44.0 Å². The molecule has 0 unspecified atom stereocenters. The summed E-state index contributed by atoms with van der Waals surface area (Å²) in [6, 6.07) is 19.2. The number of halogens is 1. The zero-order chi connectivity index (χ0) is 27.3. The lowest BCUT2D eigenvalue weighted by atomic mass is 10.1. The molecule has 38 heavy (non-hydrogen) atoms. The van der Waals surface area contributed by atoms with Crippen molar-refractivity contribution in [3.8, 4) is 5.75 Å². The Morgan fingerprint density at radius 3 is 2.24 bits per heavy atom. The van der Waals surface area contributed by atoms with Crippen LogP contribution in [-0.2, 0) is 27.1 Å². The van der Waals surface area contributed by atoms with Crippen molar-refractivity contribution in [2.75, 3.05) is 26.1 Å². The number of methoxy groups -OCH3 is 2. The fraction of sp³-hybridized carbons (Fsp3) is 0.300. The molecule has 0 saturated heterocycles. The smallest absolute Gasteiger partial charge is 0.338 e. The average molecular weight is 522 g/mol. The minimum absolute atomic E-state index is 0.0187. The Labute approximate surface area is 221 Å². The Hall–Kier alpha value is -4.20. The second kappa shape index (κ2) is 14.5. The summed E-state index contributed by atoms with van der Waals surface area (Å²) < 4.78 is 29.6. The van der Waals surface area contributed by atoms with Crippen molar-refractivity contribution in [1.82, 2.24) is 0 Å². The Bertz CT molecular complexity index is 1240. The number of carbonyl (C=O) groups is 3. The maximum atomic E-state index is 14.6. The van der Waals surface area contributed by atoms with Crippen LogP contribution in [-0.4, -0.2) is 38.7 Å².